The third-order valence-corrected chi connectivity index (χ3v) is 1.73. The fourth-order valence-corrected chi connectivity index (χ4v) is 0.969. The SMILES string of the molecule is O=C(NCC(F)(F)F)Nc1ccc(F)c(F)c1F. The van der Waals surface area contributed by atoms with Crippen LogP contribution in [0.3, 0.4) is 0 Å². The van der Waals surface area contributed by atoms with Crippen molar-refractivity contribution in [1.29, 1.82) is 0 Å². The zero-order valence-electron chi connectivity index (χ0n) is 8.54. The second kappa shape index (κ2) is 5.15. The van der Waals surface area contributed by atoms with Gasteiger partial charge in [-0.1, -0.05) is 0 Å². The molecule has 0 radical (unpaired) electrons. The molecule has 0 unspecified atom stereocenters. The van der Waals surface area contributed by atoms with E-state index < -0.39 is 41.9 Å². The minimum absolute atomic E-state index is 0.526. The second-order valence-corrected chi connectivity index (χ2v) is 3.15. The Bertz CT molecular complexity index is 459. The van der Waals surface area contributed by atoms with Crippen molar-refractivity contribution in [3.05, 3.63) is 29.6 Å². The van der Waals surface area contributed by atoms with Crippen LogP contribution in [0.25, 0.3) is 0 Å². The normalized spacial score (nSPS) is 11.2. The third-order valence-electron chi connectivity index (χ3n) is 1.73. The summed E-state index contributed by atoms with van der Waals surface area (Å²) in [4.78, 5) is 10.9. The molecule has 1 rings (SSSR count). The van der Waals surface area contributed by atoms with Crippen molar-refractivity contribution in [2.24, 2.45) is 0 Å². The maximum absolute atomic E-state index is 13.0. The molecule has 2 amide bonds. The lowest BCUT2D eigenvalue weighted by atomic mass is 10.3. The van der Waals surface area contributed by atoms with Gasteiger partial charge in [-0.05, 0) is 12.1 Å². The van der Waals surface area contributed by atoms with E-state index in [4.69, 9.17) is 0 Å². The average molecular weight is 272 g/mol. The molecule has 3 nitrogen and oxygen atoms in total. The molecule has 9 heteroatoms. The van der Waals surface area contributed by atoms with Crippen LogP contribution in [0.5, 0.6) is 0 Å². The molecule has 18 heavy (non-hydrogen) atoms. The number of halogens is 6. The van der Waals surface area contributed by atoms with E-state index in [9.17, 15) is 31.1 Å². The molecule has 0 fully saturated rings. The summed E-state index contributed by atoms with van der Waals surface area (Å²) in [6.45, 7) is -1.63. The average Bonchev–Trinajstić information content (AvgIpc) is 2.26. The van der Waals surface area contributed by atoms with Crippen LogP contribution in [-0.4, -0.2) is 18.8 Å². The summed E-state index contributed by atoms with van der Waals surface area (Å²) in [5.41, 5.74) is -0.770. The van der Waals surface area contributed by atoms with Gasteiger partial charge in [0.15, 0.2) is 17.5 Å². The van der Waals surface area contributed by atoms with Gasteiger partial charge in [0.2, 0.25) is 0 Å². The molecule has 1 aromatic carbocycles. The van der Waals surface area contributed by atoms with Gasteiger partial charge in [0.1, 0.15) is 6.54 Å². The number of carbonyl (C=O) groups is 1. The highest BCUT2D eigenvalue weighted by atomic mass is 19.4. The summed E-state index contributed by atoms with van der Waals surface area (Å²) >= 11 is 0. The van der Waals surface area contributed by atoms with Crippen molar-refractivity contribution < 1.29 is 31.1 Å². The van der Waals surface area contributed by atoms with Crippen LogP contribution in [0.2, 0.25) is 0 Å². The Balaban J connectivity index is 2.68. The van der Waals surface area contributed by atoms with Crippen LogP contribution >= 0.6 is 0 Å². The van der Waals surface area contributed by atoms with Crippen molar-refractivity contribution in [1.82, 2.24) is 5.32 Å². The van der Waals surface area contributed by atoms with E-state index in [0.29, 0.717) is 12.1 Å². The molecule has 100 valence electrons. The maximum atomic E-state index is 13.0. The molecule has 1 aromatic rings. The molecule has 0 aliphatic rings. The molecule has 0 saturated heterocycles. The standard InChI is InChI=1S/C9H6F6N2O/c10-4-1-2-5(7(12)6(4)11)17-8(18)16-3-9(13,14)15/h1-2H,3H2,(H2,16,17,18). The molecule has 0 heterocycles. The number of hydrogen-bond acceptors (Lipinski definition) is 1. The monoisotopic (exact) mass is 272 g/mol. The maximum Gasteiger partial charge on any atom is 0.405 e. The van der Waals surface area contributed by atoms with E-state index in [0.717, 1.165) is 0 Å². The van der Waals surface area contributed by atoms with Gasteiger partial charge in [0.25, 0.3) is 0 Å². The Hall–Kier alpha value is -1.93. The van der Waals surface area contributed by atoms with Gasteiger partial charge in [-0.15, -0.1) is 0 Å². The summed E-state index contributed by atoms with van der Waals surface area (Å²) in [5.74, 6) is -5.01. The minimum Gasteiger partial charge on any atom is -0.329 e. The molecule has 0 spiro atoms. The molecule has 0 aromatic heterocycles. The highest BCUT2D eigenvalue weighted by Gasteiger charge is 2.28. The first kappa shape index (κ1) is 14.1. The second-order valence-electron chi connectivity index (χ2n) is 3.15. The summed E-state index contributed by atoms with van der Waals surface area (Å²) in [6.07, 6.45) is -4.63. The Morgan fingerprint density at radius 3 is 2.28 bits per heavy atom. The van der Waals surface area contributed by atoms with Gasteiger partial charge in [-0.25, -0.2) is 18.0 Å². The fraction of sp³-hybridized carbons (Fsp3) is 0.222. The molecular weight excluding hydrogens is 266 g/mol. The van der Waals surface area contributed by atoms with E-state index in [1.165, 1.54) is 5.32 Å². The predicted octanol–water partition coefficient (Wildman–Crippen LogP) is 2.79. The highest BCUT2D eigenvalue weighted by molar-refractivity contribution is 5.89. The number of rotatable bonds is 2. The molecule has 0 aliphatic heterocycles. The van der Waals surface area contributed by atoms with Gasteiger partial charge in [-0.3, -0.25) is 0 Å². The largest absolute Gasteiger partial charge is 0.405 e. The number of alkyl halides is 3. The van der Waals surface area contributed by atoms with Crippen molar-refractivity contribution >= 4 is 11.7 Å². The number of benzene rings is 1. The number of amides is 2. The number of hydrogen-bond donors (Lipinski definition) is 2. The van der Waals surface area contributed by atoms with Crippen molar-refractivity contribution in [3.63, 3.8) is 0 Å². The van der Waals surface area contributed by atoms with Gasteiger partial charge < -0.3 is 10.6 Å². The summed E-state index contributed by atoms with van der Waals surface area (Å²) in [6, 6.07) is -0.184. The first-order valence-electron chi connectivity index (χ1n) is 4.46. The fourth-order valence-electron chi connectivity index (χ4n) is 0.969. The van der Waals surface area contributed by atoms with Gasteiger partial charge in [0.05, 0.1) is 5.69 Å². The summed E-state index contributed by atoms with van der Waals surface area (Å²) in [7, 11) is 0. The molecule has 0 bridgehead atoms. The number of anilines is 1. The van der Waals surface area contributed by atoms with E-state index >= 15 is 0 Å². The van der Waals surface area contributed by atoms with Crippen LogP contribution < -0.4 is 10.6 Å². The first-order chi connectivity index (χ1) is 8.20. The lowest BCUT2D eigenvalue weighted by molar-refractivity contribution is -0.122. The van der Waals surface area contributed by atoms with Gasteiger partial charge >= 0.3 is 12.2 Å². The van der Waals surface area contributed by atoms with Gasteiger partial charge in [-0.2, -0.15) is 13.2 Å². The van der Waals surface area contributed by atoms with E-state index in [2.05, 4.69) is 0 Å². The van der Waals surface area contributed by atoms with Crippen LogP contribution in [0, 0.1) is 17.5 Å². The van der Waals surface area contributed by atoms with Crippen LogP contribution in [-0.2, 0) is 0 Å². The Labute approximate surface area is 96.8 Å². The van der Waals surface area contributed by atoms with E-state index in [1.54, 1.807) is 5.32 Å². The number of carbonyl (C=O) groups excluding carboxylic acids is 1. The Morgan fingerprint density at radius 2 is 1.72 bits per heavy atom. The summed E-state index contributed by atoms with van der Waals surface area (Å²) < 4.78 is 73.4. The lowest BCUT2D eigenvalue weighted by Crippen LogP contribution is -2.36. The van der Waals surface area contributed by atoms with Crippen LogP contribution in [0.15, 0.2) is 12.1 Å². The summed E-state index contributed by atoms with van der Waals surface area (Å²) in [5, 5.41) is 2.99. The highest BCUT2D eigenvalue weighted by Crippen LogP contribution is 2.19. The number of nitrogens with one attached hydrogen (secondary N) is 2. The topological polar surface area (TPSA) is 41.1 Å². The van der Waals surface area contributed by atoms with Crippen molar-refractivity contribution in [3.8, 4) is 0 Å². The van der Waals surface area contributed by atoms with E-state index in [1.807, 2.05) is 0 Å². The first-order valence-corrected chi connectivity index (χ1v) is 4.46. The van der Waals surface area contributed by atoms with Crippen LogP contribution in [0.4, 0.5) is 36.8 Å². The third kappa shape index (κ3) is 3.82. The molecule has 2 N–H and O–H groups in total. The quantitative estimate of drug-likeness (QED) is 0.630. The van der Waals surface area contributed by atoms with Crippen LogP contribution in [0.1, 0.15) is 0 Å². The van der Waals surface area contributed by atoms with Crippen molar-refractivity contribution in [2.45, 2.75) is 6.18 Å². The molecule has 0 atom stereocenters. The van der Waals surface area contributed by atoms with Crippen molar-refractivity contribution in [2.75, 3.05) is 11.9 Å². The lowest BCUT2D eigenvalue weighted by Gasteiger charge is -2.10. The van der Waals surface area contributed by atoms with Gasteiger partial charge in [0, 0.05) is 0 Å². The zero-order valence-corrected chi connectivity index (χ0v) is 8.54. The predicted molar refractivity (Wildman–Crippen MR) is 49.4 cm³/mol. The molecule has 0 saturated carbocycles. The molecule has 0 aliphatic carbocycles. The smallest absolute Gasteiger partial charge is 0.329 e. The Kier molecular flexibility index (Phi) is 4.04. The number of urea groups is 1. The minimum atomic E-state index is -4.63. The molecular formula is C9H6F6N2O. The Morgan fingerprint density at radius 1 is 1.11 bits per heavy atom. The van der Waals surface area contributed by atoms with E-state index in [-0.39, 0.29) is 0 Å². The zero-order chi connectivity index (χ0) is 13.9.